The number of aliphatic hydroxyl groups is 1. The van der Waals surface area contributed by atoms with Crippen LogP contribution in [0.2, 0.25) is 0 Å². The van der Waals surface area contributed by atoms with Crippen molar-refractivity contribution in [2.75, 3.05) is 6.61 Å². The van der Waals surface area contributed by atoms with Gasteiger partial charge in [0.25, 0.3) is 0 Å². The summed E-state index contributed by atoms with van der Waals surface area (Å²) in [7, 11) is 0. The van der Waals surface area contributed by atoms with E-state index in [0.29, 0.717) is 18.9 Å². The van der Waals surface area contributed by atoms with E-state index in [1.165, 1.54) is 57.8 Å². The van der Waals surface area contributed by atoms with E-state index in [9.17, 15) is 4.79 Å². The Morgan fingerprint density at radius 1 is 0.800 bits per heavy atom. The fourth-order valence-electron chi connectivity index (χ4n) is 2.45. The number of aliphatic hydroxyl groups excluding tert-OH is 1. The molecule has 0 radical (unpaired) electrons. The summed E-state index contributed by atoms with van der Waals surface area (Å²) in [5.74, 6) is -0.200. The number of unbranched alkanes of at least 4 members (excludes halogenated alkanes) is 10. The molecule has 20 heavy (non-hydrogen) atoms. The van der Waals surface area contributed by atoms with E-state index in [4.69, 9.17) is 10.2 Å². The highest BCUT2D eigenvalue weighted by Crippen LogP contribution is 2.14. The summed E-state index contributed by atoms with van der Waals surface area (Å²) in [5.41, 5.74) is 0. The number of carbonyl (C=O) groups is 1. The van der Waals surface area contributed by atoms with Crippen molar-refractivity contribution in [2.45, 2.75) is 90.4 Å². The maximum atomic E-state index is 10.3. The van der Waals surface area contributed by atoms with Crippen LogP contribution in [-0.2, 0) is 4.79 Å². The zero-order valence-electron chi connectivity index (χ0n) is 13.3. The van der Waals surface area contributed by atoms with Gasteiger partial charge in [-0.2, -0.15) is 0 Å². The molecule has 0 aliphatic rings. The molecule has 1 atom stereocenters. The second-order valence-electron chi connectivity index (χ2n) is 6.11. The van der Waals surface area contributed by atoms with Crippen LogP contribution in [-0.4, -0.2) is 22.8 Å². The third kappa shape index (κ3) is 15.5. The molecule has 0 aromatic rings. The van der Waals surface area contributed by atoms with Crippen LogP contribution in [0, 0.1) is 5.92 Å². The second kappa shape index (κ2) is 14.8. The van der Waals surface area contributed by atoms with Gasteiger partial charge < -0.3 is 10.2 Å². The predicted octanol–water partition coefficient (Wildman–Crippen LogP) is 4.77. The van der Waals surface area contributed by atoms with Gasteiger partial charge in [-0.05, 0) is 18.8 Å². The molecule has 0 aromatic heterocycles. The Balaban J connectivity index is 3.01. The number of carboxylic acid groups (broad SMARTS) is 1. The minimum absolute atomic E-state index is 0.326. The Morgan fingerprint density at radius 2 is 1.20 bits per heavy atom. The first-order valence-electron chi connectivity index (χ1n) is 8.49. The van der Waals surface area contributed by atoms with Crippen molar-refractivity contribution < 1.29 is 15.0 Å². The van der Waals surface area contributed by atoms with E-state index < -0.39 is 5.97 Å². The molecule has 0 saturated heterocycles. The van der Waals surface area contributed by atoms with Crippen molar-refractivity contribution >= 4 is 5.97 Å². The molecule has 2 N–H and O–H groups in total. The molecule has 0 heterocycles. The highest BCUT2D eigenvalue weighted by molar-refractivity contribution is 5.66. The van der Waals surface area contributed by atoms with Crippen LogP contribution < -0.4 is 0 Å². The largest absolute Gasteiger partial charge is 0.481 e. The van der Waals surface area contributed by atoms with Crippen LogP contribution in [0.4, 0.5) is 0 Å². The molecular weight excluding hydrogens is 252 g/mol. The lowest BCUT2D eigenvalue weighted by Gasteiger charge is -2.06. The van der Waals surface area contributed by atoms with Crippen LogP contribution in [0.15, 0.2) is 0 Å². The van der Waals surface area contributed by atoms with Crippen LogP contribution >= 0.6 is 0 Å². The number of hydrogen-bond donors (Lipinski definition) is 2. The summed E-state index contributed by atoms with van der Waals surface area (Å²) in [6.45, 7) is 2.43. The van der Waals surface area contributed by atoms with Gasteiger partial charge in [0.15, 0.2) is 0 Å². The Labute approximate surface area is 124 Å². The fourth-order valence-corrected chi connectivity index (χ4v) is 2.45. The van der Waals surface area contributed by atoms with Crippen molar-refractivity contribution in [1.82, 2.24) is 0 Å². The third-order valence-electron chi connectivity index (χ3n) is 3.90. The highest BCUT2D eigenvalue weighted by Gasteiger charge is 1.99. The molecule has 0 aromatic carbocycles. The minimum atomic E-state index is -0.668. The zero-order chi connectivity index (χ0) is 15.1. The van der Waals surface area contributed by atoms with Crippen molar-refractivity contribution in [1.29, 1.82) is 0 Å². The van der Waals surface area contributed by atoms with Crippen LogP contribution in [0.5, 0.6) is 0 Å². The van der Waals surface area contributed by atoms with Crippen LogP contribution in [0.25, 0.3) is 0 Å². The molecule has 0 aliphatic heterocycles. The smallest absolute Gasteiger partial charge is 0.303 e. The van der Waals surface area contributed by atoms with Gasteiger partial charge in [-0.15, -0.1) is 0 Å². The van der Waals surface area contributed by atoms with Crippen LogP contribution in [0.1, 0.15) is 90.4 Å². The summed E-state index contributed by atoms with van der Waals surface area (Å²) in [6, 6.07) is 0. The third-order valence-corrected chi connectivity index (χ3v) is 3.90. The molecule has 3 nitrogen and oxygen atoms in total. The van der Waals surface area contributed by atoms with E-state index in [2.05, 4.69) is 6.92 Å². The molecule has 0 aliphatic carbocycles. The van der Waals surface area contributed by atoms with Gasteiger partial charge >= 0.3 is 5.97 Å². The average molecular weight is 286 g/mol. The quantitative estimate of drug-likeness (QED) is 0.426. The lowest BCUT2D eigenvalue weighted by Crippen LogP contribution is -1.99. The normalized spacial score (nSPS) is 12.5. The van der Waals surface area contributed by atoms with Gasteiger partial charge in [-0.3, -0.25) is 4.79 Å². The number of carboxylic acids is 1. The van der Waals surface area contributed by atoms with Crippen molar-refractivity contribution in [3.05, 3.63) is 0 Å². The average Bonchev–Trinajstić information content (AvgIpc) is 2.43. The van der Waals surface area contributed by atoms with Crippen molar-refractivity contribution in [3.63, 3.8) is 0 Å². The fraction of sp³-hybridized carbons (Fsp3) is 0.941. The second-order valence-corrected chi connectivity index (χ2v) is 6.11. The maximum absolute atomic E-state index is 10.3. The minimum Gasteiger partial charge on any atom is -0.481 e. The predicted molar refractivity (Wildman–Crippen MR) is 83.9 cm³/mol. The zero-order valence-corrected chi connectivity index (χ0v) is 13.3. The van der Waals surface area contributed by atoms with E-state index >= 15 is 0 Å². The number of hydrogen-bond acceptors (Lipinski definition) is 2. The topological polar surface area (TPSA) is 57.5 Å². The Morgan fingerprint density at radius 3 is 1.60 bits per heavy atom. The standard InChI is InChI=1S/C17H34O3/c1-16(15-18)13-11-9-7-5-3-2-4-6-8-10-12-14-17(19)20/h16,18H,2-15H2,1H3,(H,19,20). The number of rotatable bonds is 15. The highest BCUT2D eigenvalue weighted by atomic mass is 16.4. The molecule has 1 unspecified atom stereocenters. The SMILES string of the molecule is CC(CO)CCCCCCCCCCCCCC(=O)O. The first-order chi connectivity index (χ1) is 9.66. The summed E-state index contributed by atoms with van der Waals surface area (Å²) in [6.07, 6.45) is 15.0. The van der Waals surface area contributed by atoms with E-state index in [0.717, 1.165) is 19.3 Å². The maximum Gasteiger partial charge on any atom is 0.303 e. The Kier molecular flexibility index (Phi) is 14.4. The number of aliphatic carboxylic acids is 1. The molecule has 0 rings (SSSR count). The summed E-state index contributed by atoms with van der Waals surface area (Å²) >= 11 is 0. The summed E-state index contributed by atoms with van der Waals surface area (Å²) in [4.78, 5) is 10.3. The van der Waals surface area contributed by atoms with Crippen LogP contribution in [0.3, 0.4) is 0 Å². The van der Waals surface area contributed by atoms with Gasteiger partial charge in [0, 0.05) is 13.0 Å². The lowest BCUT2D eigenvalue weighted by atomic mass is 10.0. The van der Waals surface area contributed by atoms with E-state index in [1.54, 1.807) is 0 Å². The molecular formula is C17H34O3. The Bertz CT molecular complexity index is 216. The molecule has 3 heteroatoms. The summed E-state index contributed by atoms with van der Waals surface area (Å²) in [5, 5.41) is 17.4. The van der Waals surface area contributed by atoms with Gasteiger partial charge in [-0.25, -0.2) is 0 Å². The van der Waals surface area contributed by atoms with Crippen molar-refractivity contribution in [2.24, 2.45) is 5.92 Å². The molecule has 120 valence electrons. The first kappa shape index (κ1) is 19.4. The Hall–Kier alpha value is -0.570. The van der Waals surface area contributed by atoms with Crippen molar-refractivity contribution in [3.8, 4) is 0 Å². The molecule has 0 fully saturated rings. The van der Waals surface area contributed by atoms with Gasteiger partial charge in [0.05, 0.1) is 0 Å². The molecule has 0 spiro atoms. The van der Waals surface area contributed by atoms with Gasteiger partial charge in [0.1, 0.15) is 0 Å². The first-order valence-corrected chi connectivity index (χ1v) is 8.49. The molecule has 0 bridgehead atoms. The molecule has 0 amide bonds. The van der Waals surface area contributed by atoms with E-state index in [-0.39, 0.29) is 0 Å². The molecule has 0 saturated carbocycles. The van der Waals surface area contributed by atoms with E-state index in [1.807, 2.05) is 0 Å². The summed E-state index contributed by atoms with van der Waals surface area (Å²) < 4.78 is 0. The lowest BCUT2D eigenvalue weighted by molar-refractivity contribution is -0.137. The van der Waals surface area contributed by atoms with Gasteiger partial charge in [-0.1, -0.05) is 71.1 Å². The van der Waals surface area contributed by atoms with Gasteiger partial charge in [0.2, 0.25) is 0 Å². The monoisotopic (exact) mass is 286 g/mol.